The first-order valence-corrected chi connectivity index (χ1v) is 6.49. The minimum absolute atomic E-state index is 0.273. The number of rotatable bonds is 6. The van der Waals surface area contributed by atoms with Gasteiger partial charge in [-0.3, -0.25) is 0 Å². The van der Waals surface area contributed by atoms with Crippen molar-refractivity contribution in [2.75, 3.05) is 18.5 Å². The normalized spacial score (nSPS) is 12.4. The summed E-state index contributed by atoms with van der Waals surface area (Å²) >= 11 is 0. The van der Waals surface area contributed by atoms with Crippen molar-refractivity contribution < 1.29 is 4.74 Å². The van der Waals surface area contributed by atoms with Gasteiger partial charge in [0.1, 0.15) is 6.33 Å². The zero-order valence-corrected chi connectivity index (χ0v) is 11.6. The number of benzene rings is 1. The summed E-state index contributed by atoms with van der Waals surface area (Å²) in [6.45, 7) is 5.54. The number of nitrogens with zero attached hydrogens (tertiary/aromatic N) is 3. The van der Waals surface area contributed by atoms with E-state index < -0.39 is 0 Å². The smallest absolute Gasteiger partial charge is 0.163 e. The number of anilines is 1. The maximum atomic E-state index is 5.40. The van der Waals surface area contributed by atoms with Crippen molar-refractivity contribution in [1.29, 1.82) is 0 Å². The van der Waals surface area contributed by atoms with Crippen LogP contribution in [0.25, 0.3) is 11.4 Å². The second-order valence-corrected chi connectivity index (χ2v) is 4.55. The van der Waals surface area contributed by atoms with Crippen molar-refractivity contribution in [2.24, 2.45) is 7.05 Å². The zero-order valence-electron chi connectivity index (χ0n) is 11.6. The third-order valence-corrected chi connectivity index (χ3v) is 2.82. The molecule has 0 spiro atoms. The van der Waals surface area contributed by atoms with Gasteiger partial charge in [0.25, 0.3) is 0 Å². The van der Waals surface area contributed by atoms with Gasteiger partial charge < -0.3 is 14.6 Å². The Bertz CT molecular complexity index is 524. The Balaban J connectivity index is 2.09. The predicted molar refractivity (Wildman–Crippen MR) is 76.0 cm³/mol. The highest BCUT2D eigenvalue weighted by Gasteiger charge is 2.06. The summed E-state index contributed by atoms with van der Waals surface area (Å²) in [5.41, 5.74) is 2.11. The lowest BCUT2D eigenvalue weighted by Crippen LogP contribution is -2.21. The molecule has 0 aliphatic carbocycles. The molecule has 2 rings (SSSR count). The largest absolute Gasteiger partial charge is 0.380 e. The quantitative estimate of drug-likeness (QED) is 0.866. The molecule has 1 unspecified atom stereocenters. The average Bonchev–Trinajstić information content (AvgIpc) is 2.83. The van der Waals surface area contributed by atoms with Gasteiger partial charge in [-0.25, -0.2) is 0 Å². The molecule has 1 aromatic carbocycles. The number of hydrogen-bond donors (Lipinski definition) is 1. The maximum Gasteiger partial charge on any atom is 0.163 e. The summed E-state index contributed by atoms with van der Waals surface area (Å²) in [6, 6.07) is 8.44. The van der Waals surface area contributed by atoms with Crippen LogP contribution in [0.5, 0.6) is 0 Å². The van der Waals surface area contributed by atoms with Crippen molar-refractivity contribution in [2.45, 2.75) is 19.9 Å². The highest BCUT2D eigenvalue weighted by atomic mass is 16.5. The molecule has 5 heteroatoms. The van der Waals surface area contributed by atoms with Crippen LogP contribution in [0.1, 0.15) is 13.8 Å². The summed E-state index contributed by atoms with van der Waals surface area (Å²) in [6.07, 6.45) is 1.70. The van der Waals surface area contributed by atoms with E-state index in [9.17, 15) is 0 Å². The summed E-state index contributed by atoms with van der Waals surface area (Å²) in [7, 11) is 1.94. The minimum Gasteiger partial charge on any atom is -0.380 e. The SMILES string of the molecule is CCOCC(C)Nc1cccc(-c2nncn2C)c1. The van der Waals surface area contributed by atoms with E-state index in [1.807, 2.05) is 36.7 Å². The molecule has 0 aliphatic heterocycles. The van der Waals surface area contributed by atoms with E-state index in [1.54, 1.807) is 6.33 Å². The predicted octanol–water partition coefficient (Wildman–Crippen LogP) is 2.32. The van der Waals surface area contributed by atoms with Crippen LogP contribution >= 0.6 is 0 Å². The van der Waals surface area contributed by atoms with E-state index in [0.717, 1.165) is 23.7 Å². The lowest BCUT2D eigenvalue weighted by molar-refractivity contribution is 0.141. The molecular formula is C14H20N4O. The molecule has 102 valence electrons. The maximum absolute atomic E-state index is 5.40. The fourth-order valence-electron chi connectivity index (χ4n) is 1.91. The lowest BCUT2D eigenvalue weighted by Gasteiger charge is -2.15. The monoisotopic (exact) mass is 260 g/mol. The molecule has 0 bridgehead atoms. The highest BCUT2D eigenvalue weighted by molar-refractivity contribution is 5.62. The first-order valence-electron chi connectivity index (χ1n) is 6.49. The Labute approximate surface area is 113 Å². The van der Waals surface area contributed by atoms with E-state index in [2.05, 4.69) is 28.5 Å². The van der Waals surface area contributed by atoms with Gasteiger partial charge in [0.15, 0.2) is 5.82 Å². The van der Waals surface area contributed by atoms with Crippen LogP contribution in [-0.2, 0) is 11.8 Å². The fraction of sp³-hybridized carbons (Fsp3) is 0.429. The standard InChI is InChI=1S/C14H20N4O/c1-4-19-9-11(2)16-13-7-5-6-12(8-13)14-17-15-10-18(14)3/h5-8,10-11,16H,4,9H2,1-3H3. The fourth-order valence-corrected chi connectivity index (χ4v) is 1.91. The molecule has 1 N–H and O–H groups in total. The van der Waals surface area contributed by atoms with Crippen LogP contribution in [0.2, 0.25) is 0 Å². The molecule has 5 nitrogen and oxygen atoms in total. The van der Waals surface area contributed by atoms with Gasteiger partial charge in [0, 0.05) is 30.9 Å². The number of nitrogens with one attached hydrogen (secondary N) is 1. The van der Waals surface area contributed by atoms with Gasteiger partial charge in [-0.15, -0.1) is 10.2 Å². The van der Waals surface area contributed by atoms with Gasteiger partial charge in [-0.2, -0.15) is 0 Å². The van der Waals surface area contributed by atoms with E-state index >= 15 is 0 Å². The van der Waals surface area contributed by atoms with Crippen molar-refractivity contribution in [3.8, 4) is 11.4 Å². The highest BCUT2D eigenvalue weighted by Crippen LogP contribution is 2.20. The van der Waals surface area contributed by atoms with E-state index in [-0.39, 0.29) is 6.04 Å². The van der Waals surface area contributed by atoms with Crippen LogP contribution in [0.15, 0.2) is 30.6 Å². The molecule has 2 aromatic rings. The van der Waals surface area contributed by atoms with Crippen molar-refractivity contribution in [3.05, 3.63) is 30.6 Å². The average molecular weight is 260 g/mol. The Kier molecular flexibility index (Phi) is 4.52. The summed E-state index contributed by atoms with van der Waals surface area (Å²) in [5.74, 6) is 0.862. The molecule has 0 aliphatic rings. The number of aromatic nitrogens is 3. The van der Waals surface area contributed by atoms with Gasteiger partial charge in [0.05, 0.1) is 6.61 Å². The zero-order chi connectivity index (χ0) is 13.7. The van der Waals surface area contributed by atoms with Gasteiger partial charge in [-0.1, -0.05) is 12.1 Å². The molecule has 0 saturated carbocycles. The van der Waals surface area contributed by atoms with Crippen molar-refractivity contribution in [3.63, 3.8) is 0 Å². The number of aryl methyl sites for hydroxylation is 1. The topological polar surface area (TPSA) is 52.0 Å². The third-order valence-electron chi connectivity index (χ3n) is 2.82. The molecule has 1 atom stereocenters. The Morgan fingerprint density at radius 1 is 1.42 bits per heavy atom. The van der Waals surface area contributed by atoms with Crippen LogP contribution in [0.3, 0.4) is 0 Å². The molecule has 19 heavy (non-hydrogen) atoms. The minimum atomic E-state index is 0.273. The molecule has 0 fully saturated rings. The van der Waals surface area contributed by atoms with Crippen LogP contribution < -0.4 is 5.32 Å². The number of ether oxygens (including phenoxy) is 1. The van der Waals surface area contributed by atoms with Gasteiger partial charge in [-0.05, 0) is 26.0 Å². The second-order valence-electron chi connectivity index (χ2n) is 4.55. The van der Waals surface area contributed by atoms with E-state index in [0.29, 0.717) is 6.61 Å². The van der Waals surface area contributed by atoms with Crippen molar-refractivity contribution >= 4 is 5.69 Å². The third kappa shape index (κ3) is 3.54. The molecule has 0 saturated heterocycles. The van der Waals surface area contributed by atoms with Crippen LogP contribution in [0, 0.1) is 0 Å². The van der Waals surface area contributed by atoms with Crippen molar-refractivity contribution in [1.82, 2.24) is 14.8 Å². The lowest BCUT2D eigenvalue weighted by atomic mass is 10.2. The summed E-state index contributed by atoms with van der Waals surface area (Å²) < 4.78 is 7.31. The Morgan fingerprint density at radius 2 is 2.26 bits per heavy atom. The van der Waals surface area contributed by atoms with Crippen LogP contribution in [-0.4, -0.2) is 34.0 Å². The molecule has 0 radical (unpaired) electrons. The Morgan fingerprint density at radius 3 is 2.95 bits per heavy atom. The second kappa shape index (κ2) is 6.33. The van der Waals surface area contributed by atoms with E-state index in [1.165, 1.54) is 0 Å². The number of hydrogen-bond acceptors (Lipinski definition) is 4. The van der Waals surface area contributed by atoms with Crippen LogP contribution in [0.4, 0.5) is 5.69 Å². The molecule has 0 amide bonds. The summed E-state index contributed by atoms with van der Waals surface area (Å²) in [5, 5.41) is 11.4. The van der Waals surface area contributed by atoms with Gasteiger partial charge in [0.2, 0.25) is 0 Å². The van der Waals surface area contributed by atoms with Gasteiger partial charge >= 0.3 is 0 Å². The molecular weight excluding hydrogens is 240 g/mol. The van der Waals surface area contributed by atoms with E-state index in [4.69, 9.17) is 4.74 Å². The Hall–Kier alpha value is -1.88. The molecule has 1 aromatic heterocycles. The summed E-state index contributed by atoms with van der Waals surface area (Å²) in [4.78, 5) is 0. The first kappa shape index (κ1) is 13.5. The molecule has 1 heterocycles. The first-order chi connectivity index (χ1) is 9.20.